The van der Waals surface area contributed by atoms with Crippen LogP contribution in [0.1, 0.15) is 54.9 Å². The van der Waals surface area contributed by atoms with Crippen LogP contribution < -0.4 is 5.32 Å². The molecule has 0 unspecified atom stereocenters. The van der Waals surface area contributed by atoms with E-state index < -0.39 is 11.8 Å². The number of nitrogens with one attached hydrogen (secondary N) is 1. The van der Waals surface area contributed by atoms with E-state index in [4.69, 9.17) is 4.74 Å². The van der Waals surface area contributed by atoms with E-state index >= 15 is 0 Å². The number of hydrogen-bond acceptors (Lipinski definition) is 4. The molecule has 1 N–H and O–H groups in total. The maximum atomic E-state index is 13.5. The lowest BCUT2D eigenvalue weighted by Crippen LogP contribution is -2.56. The summed E-state index contributed by atoms with van der Waals surface area (Å²) >= 11 is 0. The van der Waals surface area contributed by atoms with Gasteiger partial charge in [0.15, 0.2) is 0 Å². The zero-order valence-corrected chi connectivity index (χ0v) is 17.4. The standard InChI is InChI=1S/C22H33N3O3/c1-4-17-8-10-18(11-9-17)21(27)25-19(20(26)23-14-15-24(2)3)16-28-22(25)12-6-5-7-13-22/h8-11,19H,4-7,12-16H2,1-3H3,(H,23,26)/t19-/m0/s1. The number of rotatable bonds is 6. The third-order valence-corrected chi connectivity index (χ3v) is 5.88. The van der Waals surface area contributed by atoms with Gasteiger partial charge in [-0.2, -0.15) is 0 Å². The number of nitrogens with zero attached hydrogens (tertiary/aromatic N) is 2. The number of hydrogen-bond donors (Lipinski definition) is 1. The van der Waals surface area contributed by atoms with E-state index in [1.807, 2.05) is 43.3 Å². The number of ether oxygens (including phenoxy) is 1. The molecule has 1 heterocycles. The minimum absolute atomic E-state index is 0.102. The Balaban J connectivity index is 1.82. The van der Waals surface area contributed by atoms with Crippen LogP contribution in [0.4, 0.5) is 0 Å². The fraction of sp³-hybridized carbons (Fsp3) is 0.636. The monoisotopic (exact) mass is 387 g/mol. The van der Waals surface area contributed by atoms with Crippen molar-refractivity contribution < 1.29 is 14.3 Å². The SMILES string of the molecule is CCc1ccc(C(=O)N2[C@H](C(=O)NCCN(C)C)COC23CCCCC3)cc1. The number of carbonyl (C=O) groups excluding carboxylic acids is 2. The van der Waals surface area contributed by atoms with E-state index in [2.05, 4.69) is 12.2 Å². The molecule has 0 bridgehead atoms. The summed E-state index contributed by atoms with van der Waals surface area (Å²) in [6.45, 7) is 3.68. The highest BCUT2D eigenvalue weighted by Crippen LogP contribution is 2.41. The van der Waals surface area contributed by atoms with Crippen LogP contribution in [0.15, 0.2) is 24.3 Å². The van der Waals surface area contributed by atoms with Gasteiger partial charge in [0.2, 0.25) is 5.91 Å². The molecule has 6 heteroatoms. The average molecular weight is 388 g/mol. The lowest BCUT2D eigenvalue weighted by atomic mass is 9.89. The summed E-state index contributed by atoms with van der Waals surface area (Å²) < 4.78 is 6.18. The number of aryl methyl sites for hydroxylation is 1. The van der Waals surface area contributed by atoms with Crippen molar-refractivity contribution in [3.05, 3.63) is 35.4 Å². The Bertz CT molecular complexity index is 681. The van der Waals surface area contributed by atoms with Gasteiger partial charge in [-0.1, -0.05) is 25.5 Å². The lowest BCUT2D eigenvalue weighted by molar-refractivity contribution is -0.127. The Morgan fingerprint density at radius 3 is 2.46 bits per heavy atom. The second kappa shape index (κ2) is 9.05. The second-order valence-electron chi connectivity index (χ2n) is 8.15. The van der Waals surface area contributed by atoms with Crippen LogP contribution in [0.5, 0.6) is 0 Å². The molecule has 1 aromatic carbocycles. The molecule has 2 amide bonds. The lowest BCUT2D eigenvalue weighted by Gasteiger charge is -2.41. The van der Waals surface area contributed by atoms with Crippen molar-refractivity contribution in [3.63, 3.8) is 0 Å². The fourth-order valence-corrected chi connectivity index (χ4v) is 4.21. The Morgan fingerprint density at radius 2 is 1.86 bits per heavy atom. The minimum atomic E-state index is -0.637. The molecule has 28 heavy (non-hydrogen) atoms. The fourth-order valence-electron chi connectivity index (χ4n) is 4.21. The molecular formula is C22H33N3O3. The third-order valence-electron chi connectivity index (χ3n) is 5.88. The minimum Gasteiger partial charge on any atom is -0.353 e. The van der Waals surface area contributed by atoms with Gasteiger partial charge in [0.05, 0.1) is 6.61 Å². The van der Waals surface area contributed by atoms with E-state index in [0.29, 0.717) is 12.1 Å². The van der Waals surface area contributed by atoms with Crippen LogP contribution in [0.25, 0.3) is 0 Å². The molecule has 1 aromatic rings. The summed E-state index contributed by atoms with van der Waals surface area (Å²) in [7, 11) is 3.94. The van der Waals surface area contributed by atoms with Crippen molar-refractivity contribution in [2.75, 3.05) is 33.8 Å². The van der Waals surface area contributed by atoms with Crippen molar-refractivity contribution >= 4 is 11.8 Å². The first-order valence-corrected chi connectivity index (χ1v) is 10.5. The van der Waals surface area contributed by atoms with Crippen LogP contribution in [0.3, 0.4) is 0 Å². The Morgan fingerprint density at radius 1 is 1.18 bits per heavy atom. The first-order chi connectivity index (χ1) is 13.5. The molecule has 1 aliphatic carbocycles. The van der Waals surface area contributed by atoms with Crippen LogP contribution in [0.2, 0.25) is 0 Å². The highest BCUT2D eigenvalue weighted by atomic mass is 16.5. The van der Waals surface area contributed by atoms with Gasteiger partial charge in [-0.3, -0.25) is 14.5 Å². The van der Waals surface area contributed by atoms with Crippen LogP contribution in [0, 0.1) is 0 Å². The van der Waals surface area contributed by atoms with E-state index in [1.165, 1.54) is 5.56 Å². The smallest absolute Gasteiger partial charge is 0.256 e. The van der Waals surface area contributed by atoms with Crippen LogP contribution in [-0.4, -0.2) is 67.2 Å². The second-order valence-corrected chi connectivity index (χ2v) is 8.15. The van der Waals surface area contributed by atoms with Crippen LogP contribution >= 0.6 is 0 Å². The van der Waals surface area contributed by atoms with Gasteiger partial charge in [0, 0.05) is 18.7 Å². The van der Waals surface area contributed by atoms with Crippen molar-refractivity contribution in [2.45, 2.75) is 57.2 Å². The number of carbonyl (C=O) groups is 2. The van der Waals surface area contributed by atoms with Gasteiger partial charge < -0.3 is 15.0 Å². The highest BCUT2D eigenvalue weighted by molar-refractivity contribution is 5.98. The molecule has 154 valence electrons. The maximum absolute atomic E-state index is 13.5. The third kappa shape index (κ3) is 4.39. The molecule has 1 spiro atoms. The van der Waals surface area contributed by atoms with E-state index in [0.717, 1.165) is 45.1 Å². The molecule has 1 saturated carbocycles. The molecule has 0 radical (unpaired) electrons. The van der Waals surface area contributed by atoms with Gasteiger partial charge in [-0.25, -0.2) is 0 Å². The zero-order valence-electron chi connectivity index (χ0n) is 17.4. The summed E-state index contributed by atoms with van der Waals surface area (Å²) in [5, 5.41) is 2.98. The first kappa shape index (κ1) is 20.8. The summed E-state index contributed by atoms with van der Waals surface area (Å²) in [6, 6.07) is 7.15. The number of benzene rings is 1. The van der Waals surface area contributed by atoms with Gasteiger partial charge >= 0.3 is 0 Å². The molecule has 3 rings (SSSR count). The highest BCUT2D eigenvalue weighted by Gasteiger charge is 2.52. The molecule has 6 nitrogen and oxygen atoms in total. The quantitative estimate of drug-likeness (QED) is 0.814. The van der Waals surface area contributed by atoms with Gasteiger partial charge in [-0.05, 0) is 63.9 Å². The summed E-state index contributed by atoms with van der Waals surface area (Å²) in [6.07, 6.45) is 5.72. The Hall–Kier alpha value is -1.92. The predicted molar refractivity (Wildman–Crippen MR) is 109 cm³/mol. The van der Waals surface area contributed by atoms with Crippen molar-refractivity contribution in [1.82, 2.24) is 15.1 Å². The zero-order chi connectivity index (χ0) is 20.1. The normalized spacial score (nSPS) is 21.3. The van der Waals surface area contributed by atoms with Gasteiger partial charge in [0.1, 0.15) is 11.8 Å². The molecule has 0 aromatic heterocycles. The topological polar surface area (TPSA) is 61.9 Å². The number of likely N-dealkylation sites (N-methyl/N-ethyl adjacent to an activating group) is 1. The van der Waals surface area contributed by atoms with Crippen molar-refractivity contribution in [1.29, 1.82) is 0 Å². The molecule has 1 atom stereocenters. The first-order valence-electron chi connectivity index (χ1n) is 10.5. The maximum Gasteiger partial charge on any atom is 0.256 e. The predicted octanol–water partition coefficient (Wildman–Crippen LogP) is 2.43. The van der Waals surface area contributed by atoms with Crippen molar-refractivity contribution in [3.8, 4) is 0 Å². The summed E-state index contributed by atoms with van der Waals surface area (Å²) in [5.41, 5.74) is 1.18. The Kier molecular flexibility index (Phi) is 6.73. The molecule has 2 fully saturated rings. The molecular weight excluding hydrogens is 354 g/mol. The van der Waals surface area contributed by atoms with E-state index in [1.54, 1.807) is 4.90 Å². The number of amides is 2. The van der Waals surface area contributed by atoms with Crippen molar-refractivity contribution in [2.24, 2.45) is 0 Å². The molecule has 1 aliphatic heterocycles. The Labute approximate surface area is 168 Å². The molecule has 1 saturated heterocycles. The average Bonchev–Trinajstić information content (AvgIpc) is 3.06. The largest absolute Gasteiger partial charge is 0.353 e. The molecule has 2 aliphatic rings. The van der Waals surface area contributed by atoms with Crippen LogP contribution in [-0.2, 0) is 16.0 Å². The van der Waals surface area contributed by atoms with Gasteiger partial charge in [-0.15, -0.1) is 0 Å². The summed E-state index contributed by atoms with van der Waals surface area (Å²) in [4.78, 5) is 30.1. The van der Waals surface area contributed by atoms with Gasteiger partial charge in [0.25, 0.3) is 5.91 Å². The van der Waals surface area contributed by atoms with E-state index in [-0.39, 0.29) is 18.4 Å². The van der Waals surface area contributed by atoms with E-state index in [9.17, 15) is 9.59 Å². The summed E-state index contributed by atoms with van der Waals surface area (Å²) in [5.74, 6) is -0.224.